The maximum Gasteiger partial charge on any atom is 0.216 e. The van der Waals surface area contributed by atoms with E-state index in [0.29, 0.717) is 28.2 Å². The van der Waals surface area contributed by atoms with Crippen molar-refractivity contribution in [2.45, 2.75) is 65.5 Å². The SMILES string of the molecule is C[Si](C)(C)c1ccc(-c2[c-]cccc2)nc1.[2H]C([2H])(c1ccccc1)c1ccc2c(n1)oc1c(-c3nc4ccccc4n3-c3c(C(C)C)cc(-c4ccc(F)cc4)cc3C(C)C)[c-]ccc12.[Ir]. The molecule has 0 amide bonds. The molecular weight excluding hydrogens is 996 g/mol. The van der Waals surface area contributed by atoms with Gasteiger partial charge in [0.15, 0.2) is 0 Å². The molecule has 0 unspecified atom stereocenters. The number of fused-ring (bicyclic) bond motifs is 4. The molecule has 0 aliphatic heterocycles. The van der Waals surface area contributed by atoms with E-state index in [1.54, 1.807) is 18.2 Å². The van der Waals surface area contributed by atoms with Gasteiger partial charge in [0.05, 0.1) is 30.5 Å². The van der Waals surface area contributed by atoms with Gasteiger partial charge in [0.2, 0.25) is 5.71 Å². The molecule has 0 aliphatic rings. The summed E-state index contributed by atoms with van der Waals surface area (Å²) >= 11 is 0. The molecule has 0 saturated heterocycles. The summed E-state index contributed by atoms with van der Waals surface area (Å²) < 4.78 is 40.5. The van der Waals surface area contributed by atoms with E-state index in [1.165, 1.54) is 17.3 Å². The monoisotopic (exact) mass is 1050 g/mol. The van der Waals surface area contributed by atoms with Gasteiger partial charge < -0.3 is 14.0 Å². The Morgan fingerprint density at radius 2 is 1.42 bits per heavy atom. The molecule has 10 aromatic rings. The largest absolute Gasteiger partial charge is 0.486 e. The second kappa shape index (κ2) is 19.0. The Bertz CT molecular complexity index is 3300. The van der Waals surface area contributed by atoms with E-state index in [-0.39, 0.29) is 43.5 Å². The first-order valence-electron chi connectivity index (χ1n) is 22.8. The second-order valence-electron chi connectivity index (χ2n) is 17.8. The molecule has 0 aliphatic carbocycles. The summed E-state index contributed by atoms with van der Waals surface area (Å²) in [6, 6.07) is 54.7. The van der Waals surface area contributed by atoms with Crippen LogP contribution in [0.4, 0.5) is 4.39 Å². The first-order valence-corrected chi connectivity index (χ1v) is 25.3. The average molecular weight is 1050 g/mol. The van der Waals surface area contributed by atoms with Gasteiger partial charge in [-0.05, 0) is 99.1 Å². The van der Waals surface area contributed by atoms with Crippen molar-refractivity contribution in [3.63, 3.8) is 0 Å². The number of aromatic nitrogens is 4. The van der Waals surface area contributed by atoms with Crippen LogP contribution in [0, 0.1) is 17.9 Å². The minimum atomic E-state index is -1.81. The molecule has 10 rings (SSSR count). The molecule has 0 bridgehead atoms. The number of para-hydroxylation sites is 2. The molecule has 6 aromatic carbocycles. The van der Waals surface area contributed by atoms with Crippen LogP contribution >= 0.6 is 0 Å². The third-order valence-corrected chi connectivity index (χ3v) is 13.6. The number of hydrogen-bond donors (Lipinski definition) is 0. The number of furan rings is 1. The van der Waals surface area contributed by atoms with Crippen LogP contribution in [0.15, 0.2) is 162 Å². The van der Waals surface area contributed by atoms with Crippen LogP contribution in [-0.2, 0) is 26.5 Å². The van der Waals surface area contributed by atoms with E-state index in [4.69, 9.17) is 17.1 Å². The van der Waals surface area contributed by atoms with Gasteiger partial charge in [0.25, 0.3) is 0 Å². The molecular formula is C57H51FIrN4OSi-2. The Kier molecular flexibility index (Phi) is 12.5. The maximum absolute atomic E-state index is 13.9. The van der Waals surface area contributed by atoms with Crippen LogP contribution in [0.25, 0.3) is 72.6 Å². The van der Waals surface area contributed by atoms with Gasteiger partial charge in [-0.15, -0.1) is 54.1 Å². The number of rotatable bonds is 9. The van der Waals surface area contributed by atoms with Crippen LogP contribution in [0.3, 0.4) is 0 Å². The molecule has 0 N–H and O–H groups in total. The smallest absolute Gasteiger partial charge is 0.216 e. The van der Waals surface area contributed by atoms with Gasteiger partial charge in [-0.25, -0.2) is 9.37 Å². The molecule has 4 heterocycles. The molecule has 0 atom stereocenters. The molecule has 0 spiro atoms. The minimum Gasteiger partial charge on any atom is -0.486 e. The van der Waals surface area contributed by atoms with Crippen LogP contribution in [0.1, 0.15) is 64.7 Å². The predicted molar refractivity (Wildman–Crippen MR) is 265 cm³/mol. The molecule has 327 valence electrons. The Hall–Kier alpha value is -6.31. The maximum atomic E-state index is 13.9. The van der Waals surface area contributed by atoms with Gasteiger partial charge >= 0.3 is 0 Å². The first-order chi connectivity index (χ1) is 31.7. The summed E-state index contributed by atoms with van der Waals surface area (Å²) in [5, 5.41) is 3.04. The number of pyridine rings is 2. The third kappa shape index (κ3) is 9.44. The van der Waals surface area contributed by atoms with E-state index in [2.05, 4.69) is 99.4 Å². The van der Waals surface area contributed by atoms with Crippen molar-refractivity contribution in [1.82, 2.24) is 19.5 Å². The standard InChI is InChI=1S/C43H35FN3O.C14H16NSi.Ir/c1-26(2)36-24-30(29-17-19-31(44)20-18-29)25-37(27(3)4)40(36)47-39-16-9-8-15-38(39)46-42(47)35-14-10-13-33-34-22-21-32(45-43(34)48-41(33)35)23-28-11-6-5-7-12-28;1-16(2,3)13-9-10-14(15-11-13)12-7-5-4-6-8-12;/h5-13,15-22,24-27H,23H2,1-4H3;4-7,9-11H,1-3H3;/q2*-1;/i23D2;;. The molecule has 0 saturated carbocycles. The number of imidazole rings is 1. The second-order valence-corrected chi connectivity index (χ2v) is 22.9. The fourth-order valence-electron chi connectivity index (χ4n) is 8.12. The number of hydrogen-bond acceptors (Lipinski definition) is 4. The molecule has 4 aromatic heterocycles. The van der Waals surface area contributed by atoms with Crippen molar-refractivity contribution >= 4 is 46.4 Å². The van der Waals surface area contributed by atoms with E-state index >= 15 is 0 Å². The van der Waals surface area contributed by atoms with Crippen molar-refractivity contribution in [2.24, 2.45) is 0 Å². The molecule has 1 radical (unpaired) electrons. The number of halogens is 1. The van der Waals surface area contributed by atoms with Crippen LogP contribution < -0.4 is 5.19 Å². The summed E-state index contributed by atoms with van der Waals surface area (Å²) in [4.78, 5) is 14.5. The minimum absolute atomic E-state index is 0. The van der Waals surface area contributed by atoms with Gasteiger partial charge in [-0.2, -0.15) is 0 Å². The molecule has 0 fully saturated rings. The Morgan fingerprint density at radius 3 is 2.08 bits per heavy atom. The van der Waals surface area contributed by atoms with Crippen molar-refractivity contribution in [3.05, 3.63) is 198 Å². The van der Waals surface area contributed by atoms with Gasteiger partial charge in [-0.1, -0.05) is 125 Å². The molecule has 65 heavy (non-hydrogen) atoms. The fourth-order valence-corrected chi connectivity index (χ4v) is 9.16. The zero-order valence-electron chi connectivity index (χ0n) is 39.6. The average Bonchev–Trinajstić information content (AvgIpc) is 3.90. The van der Waals surface area contributed by atoms with Crippen LogP contribution in [0.5, 0.6) is 0 Å². The third-order valence-electron chi connectivity index (χ3n) is 11.6. The van der Waals surface area contributed by atoms with Crippen LogP contribution in [0.2, 0.25) is 19.6 Å². The van der Waals surface area contributed by atoms with E-state index in [9.17, 15) is 4.39 Å². The Balaban J connectivity index is 0.000000303. The summed E-state index contributed by atoms with van der Waals surface area (Å²) in [5.74, 6) is 0.745. The van der Waals surface area contributed by atoms with E-state index < -0.39 is 14.4 Å². The van der Waals surface area contributed by atoms with Crippen molar-refractivity contribution in [1.29, 1.82) is 0 Å². The zero-order chi connectivity index (χ0) is 46.3. The zero-order valence-corrected chi connectivity index (χ0v) is 41.0. The van der Waals surface area contributed by atoms with Gasteiger partial charge in [-0.3, -0.25) is 4.98 Å². The normalized spacial score (nSPS) is 12.3. The summed E-state index contributed by atoms with van der Waals surface area (Å²) in [6.45, 7) is 15.8. The van der Waals surface area contributed by atoms with Crippen molar-refractivity contribution in [2.75, 3.05) is 0 Å². The summed E-state index contributed by atoms with van der Waals surface area (Å²) in [5.41, 5.74) is 11.6. The van der Waals surface area contributed by atoms with Crippen molar-refractivity contribution in [3.8, 4) is 39.5 Å². The van der Waals surface area contributed by atoms with Gasteiger partial charge in [0.1, 0.15) is 5.82 Å². The summed E-state index contributed by atoms with van der Waals surface area (Å²) in [6.07, 6.45) is 0.209. The van der Waals surface area contributed by atoms with Crippen LogP contribution in [-0.4, -0.2) is 27.6 Å². The quantitative estimate of drug-likeness (QED) is 0.107. The van der Waals surface area contributed by atoms with E-state index in [0.717, 1.165) is 61.0 Å². The first kappa shape index (κ1) is 42.6. The van der Waals surface area contributed by atoms with E-state index in [1.807, 2.05) is 97.2 Å². The topological polar surface area (TPSA) is 56.7 Å². The molecule has 8 heteroatoms. The Morgan fingerprint density at radius 1 is 0.708 bits per heavy atom. The number of nitrogens with zero attached hydrogens (tertiary/aromatic N) is 4. The fraction of sp³-hybridized carbons (Fsp3) is 0.175. The Labute approximate surface area is 398 Å². The summed E-state index contributed by atoms with van der Waals surface area (Å²) in [7, 11) is -1.23. The molecule has 5 nitrogen and oxygen atoms in total. The van der Waals surface area contributed by atoms with Crippen molar-refractivity contribution < 1.29 is 31.7 Å². The predicted octanol–water partition coefficient (Wildman–Crippen LogP) is 14.5. The van der Waals surface area contributed by atoms with Gasteiger partial charge in [0, 0.05) is 52.2 Å². The number of benzene rings is 6.